The van der Waals surface area contributed by atoms with Gasteiger partial charge >= 0.3 is 0 Å². The summed E-state index contributed by atoms with van der Waals surface area (Å²) in [6.07, 6.45) is 2.68. The van der Waals surface area contributed by atoms with Gasteiger partial charge in [-0.1, -0.05) is 12.1 Å². The van der Waals surface area contributed by atoms with Crippen LogP contribution in [0.25, 0.3) is 0 Å². The Morgan fingerprint density at radius 2 is 2.18 bits per heavy atom. The van der Waals surface area contributed by atoms with Crippen molar-refractivity contribution in [2.75, 3.05) is 42.9 Å². The van der Waals surface area contributed by atoms with Crippen LogP contribution in [0.4, 0.5) is 11.4 Å². The highest BCUT2D eigenvalue weighted by Crippen LogP contribution is 2.29. The van der Waals surface area contributed by atoms with Crippen molar-refractivity contribution in [3.05, 3.63) is 24.3 Å². The summed E-state index contributed by atoms with van der Waals surface area (Å²) in [7, 11) is 0. The Morgan fingerprint density at radius 3 is 3.06 bits per heavy atom. The molecule has 0 radical (unpaired) electrons. The first-order valence-corrected chi connectivity index (χ1v) is 6.72. The van der Waals surface area contributed by atoms with Gasteiger partial charge < -0.3 is 15.5 Å². The van der Waals surface area contributed by atoms with Crippen LogP contribution in [0.15, 0.2) is 24.3 Å². The molecule has 92 valence electrons. The van der Waals surface area contributed by atoms with Gasteiger partial charge in [0, 0.05) is 19.6 Å². The molecule has 3 nitrogen and oxygen atoms in total. The number of nitrogens with one attached hydrogen (secondary N) is 2. The number of anilines is 2. The van der Waals surface area contributed by atoms with Crippen LogP contribution >= 0.6 is 0 Å². The second-order valence-corrected chi connectivity index (χ2v) is 5.08. The molecule has 3 rings (SSSR count). The van der Waals surface area contributed by atoms with Crippen LogP contribution in [0.3, 0.4) is 0 Å². The Hall–Kier alpha value is -1.22. The van der Waals surface area contributed by atoms with E-state index in [1.807, 2.05) is 0 Å². The number of benzene rings is 1. The standard InChI is InChI=1S/C14H21N3/c1-2-4-14-13(3-1)16-8-10-17(14)9-6-12-5-7-15-11-12/h1-4,12,15-16H,5-11H2. The van der Waals surface area contributed by atoms with Gasteiger partial charge in [0.05, 0.1) is 11.4 Å². The molecular formula is C14H21N3. The lowest BCUT2D eigenvalue weighted by Crippen LogP contribution is -2.35. The molecule has 0 bridgehead atoms. The number of hydrogen-bond donors (Lipinski definition) is 2. The summed E-state index contributed by atoms with van der Waals surface area (Å²) < 4.78 is 0. The Bertz CT molecular complexity index is 371. The van der Waals surface area contributed by atoms with Crippen molar-refractivity contribution in [1.29, 1.82) is 0 Å². The predicted octanol–water partition coefficient (Wildman–Crippen LogP) is 1.92. The lowest BCUT2D eigenvalue weighted by molar-refractivity contribution is 0.525. The summed E-state index contributed by atoms with van der Waals surface area (Å²) in [5, 5.41) is 6.91. The average molecular weight is 231 g/mol. The first-order valence-electron chi connectivity index (χ1n) is 6.72. The van der Waals surface area contributed by atoms with Gasteiger partial charge in [-0.2, -0.15) is 0 Å². The Morgan fingerprint density at radius 1 is 1.24 bits per heavy atom. The van der Waals surface area contributed by atoms with Crippen LogP contribution < -0.4 is 15.5 Å². The number of hydrogen-bond acceptors (Lipinski definition) is 3. The maximum atomic E-state index is 3.47. The number of nitrogens with zero attached hydrogens (tertiary/aromatic N) is 1. The maximum Gasteiger partial charge on any atom is 0.0602 e. The van der Waals surface area contributed by atoms with Gasteiger partial charge in [0.2, 0.25) is 0 Å². The van der Waals surface area contributed by atoms with Gasteiger partial charge in [0.1, 0.15) is 0 Å². The van der Waals surface area contributed by atoms with E-state index < -0.39 is 0 Å². The van der Waals surface area contributed by atoms with Crippen LogP contribution in [-0.2, 0) is 0 Å². The van der Waals surface area contributed by atoms with E-state index in [-0.39, 0.29) is 0 Å². The summed E-state index contributed by atoms with van der Waals surface area (Å²) in [6.45, 7) is 5.83. The molecular weight excluding hydrogens is 210 g/mol. The van der Waals surface area contributed by atoms with Gasteiger partial charge in [-0.25, -0.2) is 0 Å². The summed E-state index contributed by atoms with van der Waals surface area (Å²) in [5.74, 6) is 0.886. The lowest BCUT2D eigenvalue weighted by atomic mass is 10.0. The molecule has 2 heterocycles. The zero-order chi connectivity index (χ0) is 11.5. The molecule has 1 fully saturated rings. The molecule has 0 spiro atoms. The van der Waals surface area contributed by atoms with Crippen molar-refractivity contribution >= 4 is 11.4 Å². The van der Waals surface area contributed by atoms with Crippen LogP contribution in [0.5, 0.6) is 0 Å². The SMILES string of the molecule is c1ccc2c(c1)NCCN2CCC1CCNC1. The predicted molar refractivity (Wildman–Crippen MR) is 72.7 cm³/mol. The van der Waals surface area contributed by atoms with E-state index >= 15 is 0 Å². The van der Waals surface area contributed by atoms with Crippen molar-refractivity contribution in [1.82, 2.24) is 5.32 Å². The van der Waals surface area contributed by atoms with Crippen molar-refractivity contribution in [3.8, 4) is 0 Å². The minimum atomic E-state index is 0.886. The highest BCUT2D eigenvalue weighted by atomic mass is 15.2. The third-order valence-corrected chi connectivity index (χ3v) is 3.91. The molecule has 1 aromatic rings. The molecule has 1 atom stereocenters. The van der Waals surface area contributed by atoms with E-state index in [2.05, 4.69) is 39.8 Å². The van der Waals surface area contributed by atoms with E-state index in [9.17, 15) is 0 Å². The second kappa shape index (κ2) is 4.96. The van der Waals surface area contributed by atoms with E-state index in [1.54, 1.807) is 0 Å². The Kier molecular flexibility index (Phi) is 3.18. The number of fused-ring (bicyclic) bond motifs is 1. The number of para-hydroxylation sites is 2. The second-order valence-electron chi connectivity index (χ2n) is 5.08. The highest BCUT2D eigenvalue weighted by Gasteiger charge is 2.19. The molecule has 0 aliphatic carbocycles. The molecule has 2 N–H and O–H groups in total. The molecule has 0 aromatic heterocycles. The van der Waals surface area contributed by atoms with E-state index in [4.69, 9.17) is 0 Å². The van der Waals surface area contributed by atoms with Gasteiger partial charge in [-0.3, -0.25) is 0 Å². The molecule has 2 aliphatic heterocycles. The largest absolute Gasteiger partial charge is 0.382 e. The van der Waals surface area contributed by atoms with Crippen LogP contribution in [0, 0.1) is 5.92 Å². The monoisotopic (exact) mass is 231 g/mol. The molecule has 0 saturated carbocycles. The minimum absolute atomic E-state index is 0.886. The van der Waals surface area contributed by atoms with Crippen LogP contribution in [-0.4, -0.2) is 32.7 Å². The third-order valence-electron chi connectivity index (χ3n) is 3.91. The highest BCUT2D eigenvalue weighted by molar-refractivity contribution is 5.71. The van der Waals surface area contributed by atoms with E-state index in [1.165, 1.54) is 43.9 Å². The lowest BCUT2D eigenvalue weighted by Gasteiger charge is -2.32. The summed E-state index contributed by atoms with van der Waals surface area (Å²) in [5.41, 5.74) is 2.67. The van der Waals surface area contributed by atoms with E-state index in [0.717, 1.165) is 19.0 Å². The number of rotatable bonds is 3. The quantitative estimate of drug-likeness (QED) is 0.832. The molecule has 3 heteroatoms. The zero-order valence-electron chi connectivity index (χ0n) is 10.3. The van der Waals surface area contributed by atoms with Gasteiger partial charge in [0.15, 0.2) is 0 Å². The van der Waals surface area contributed by atoms with Crippen molar-refractivity contribution in [2.45, 2.75) is 12.8 Å². The fourth-order valence-corrected chi connectivity index (χ4v) is 2.88. The van der Waals surface area contributed by atoms with Gasteiger partial charge in [0.25, 0.3) is 0 Å². The molecule has 1 unspecified atom stereocenters. The summed E-state index contributed by atoms with van der Waals surface area (Å²) >= 11 is 0. The fraction of sp³-hybridized carbons (Fsp3) is 0.571. The fourth-order valence-electron chi connectivity index (χ4n) is 2.88. The smallest absolute Gasteiger partial charge is 0.0602 e. The van der Waals surface area contributed by atoms with Crippen LogP contribution in [0.2, 0.25) is 0 Å². The Labute approximate surface area is 103 Å². The van der Waals surface area contributed by atoms with Crippen molar-refractivity contribution in [2.24, 2.45) is 5.92 Å². The molecule has 1 saturated heterocycles. The van der Waals surface area contributed by atoms with Gasteiger partial charge in [-0.05, 0) is 44.0 Å². The molecule has 0 amide bonds. The van der Waals surface area contributed by atoms with Crippen molar-refractivity contribution in [3.63, 3.8) is 0 Å². The first-order chi connectivity index (χ1) is 8.43. The molecule has 1 aromatic carbocycles. The minimum Gasteiger partial charge on any atom is -0.382 e. The summed E-state index contributed by atoms with van der Waals surface area (Å²) in [4.78, 5) is 2.53. The van der Waals surface area contributed by atoms with Crippen molar-refractivity contribution < 1.29 is 0 Å². The first kappa shape index (κ1) is 10.9. The van der Waals surface area contributed by atoms with Crippen LogP contribution in [0.1, 0.15) is 12.8 Å². The molecule has 17 heavy (non-hydrogen) atoms. The maximum absolute atomic E-state index is 3.47. The van der Waals surface area contributed by atoms with Gasteiger partial charge in [-0.15, -0.1) is 0 Å². The molecule has 2 aliphatic rings. The Balaban J connectivity index is 1.64. The zero-order valence-corrected chi connectivity index (χ0v) is 10.3. The topological polar surface area (TPSA) is 27.3 Å². The normalized spacial score (nSPS) is 23.3. The summed E-state index contributed by atoms with van der Waals surface area (Å²) in [6, 6.07) is 8.65. The average Bonchev–Trinajstić information content (AvgIpc) is 2.89. The third kappa shape index (κ3) is 2.39. The van der Waals surface area contributed by atoms with E-state index in [0.29, 0.717) is 0 Å².